The van der Waals surface area contributed by atoms with E-state index in [2.05, 4.69) is 9.97 Å². The summed E-state index contributed by atoms with van der Waals surface area (Å²) in [7, 11) is 0. The van der Waals surface area contributed by atoms with Crippen molar-refractivity contribution in [2.75, 3.05) is 6.61 Å². The quantitative estimate of drug-likeness (QED) is 0.847. The lowest BCUT2D eigenvalue weighted by Gasteiger charge is -2.07. The largest absolute Gasteiger partial charge is 0.417 e. The molecule has 2 aromatic rings. The predicted octanol–water partition coefficient (Wildman–Crippen LogP) is 3.55. The minimum absolute atomic E-state index is 0.0876. The smallest absolute Gasteiger partial charge is 0.396 e. The van der Waals surface area contributed by atoms with Gasteiger partial charge in [0.05, 0.1) is 21.6 Å². The van der Waals surface area contributed by atoms with Crippen molar-refractivity contribution in [1.82, 2.24) is 9.97 Å². The highest BCUT2D eigenvalue weighted by molar-refractivity contribution is 6.32. The minimum Gasteiger partial charge on any atom is -0.396 e. The number of alkyl halides is 3. The Balaban J connectivity index is 2.33. The minimum atomic E-state index is -4.48. The molecule has 2 rings (SSSR count). The van der Waals surface area contributed by atoms with E-state index < -0.39 is 11.7 Å². The summed E-state index contributed by atoms with van der Waals surface area (Å²) in [5.41, 5.74) is -0.150. The first-order valence-corrected chi connectivity index (χ1v) is 6.16. The van der Waals surface area contributed by atoms with Gasteiger partial charge in [-0.1, -0.05) is 11.6 Å². The molecule has 0 spiro atoms. The van der Waals surface area contributed by atoms with E-state index in [1.807, 2.05) is 0 Å². The zero-order chi connectivity index (χ0) is 14.0. The lowest BCUT2D eigenvalue weighted by Crippen LogP contribution is -2.05. The second-order valence-corrected chi connectivity index (χ2v) is 4.62. The highest BCUT2D eigenvalue weighted by Crippen LogP contribution is 2.36. The number of hydrogen-bond donors (Lipinski definition) is 2. The summed E-state index contributed by atoms with van der Waals surface area (Å²) in [6.45, 7) is 0.0876. The monoisotopic (exact) mass is 292 g/mol. The van der Waals surface area contributed by atoms with Crippen molar-refractivity contribution in [3.8, 4) is 0 Å². The molecule has 7 heteroatoms. The fourth-order valence-corrected chi connectivity index (χ4v) is 2.09. The molecule has 0 amide bonds. The molecule has 1 heterocycles. The number of halogens is 4. The zero-order valence-corrected chi connectivity index (χ0v) is 10.6. The number of nitrogens with zero attached hydrogens (tertiary/aromatic N) is 1. The topological polar surface area (TPSA) is 48.9 Å². The Kier molecular flexibility index (Phi) is 4.01. The van der Waals surface area contributed by atoms with Crippen LogP contribution in [0.25, 0.3) is 11.0 Å². The normalized spacial score (nSPS) is 12.3. The molecular formula is C12H12ClF3N2O. The van der Waals surface area contributed by atoms with Crippen LogP contribution in [0.5, 0.6) is 0 Å². The fraction of sp³-hybridized carbons (Fsp3) is 0.417. The van der Waals surface area contributed by atoms with Gasteiger partial charge in [0.15, 0.2) is 0 Å². The Morgan fingerprint density at radius 1 is 1.26 bits per heavy atom. The van der Waals surface area contributed by atoms with Crippen LogP contribution in [0.2, 0.25) is 5.02 Å². The van der Waals surface area contributed by atoms with Crippen LogP contribution in [-0.2, 0) is 12.6 Å². The van der Waals surface area contributed by atoms with Crippen molar-refractivity contribution in [3.63, 3.8) is 0 Å². The molecule has 19 heavy (non-hydrogen) atoms. The van der Waals surface area contributed by atoms with E-state index in [4.69, 9.17) is 16.7 Å². The van der Waals surface area contributed by atoms with Crippen LogP contribution in [0.15, 0.2) is 12.1 Å². The number of imidazole rings is 1. The molecule has 0 unspecified atom stereocenters. The van der Waals surface area contributed by atoms with E-state index in [0.29, 0.717) is 24.2 Å². The first-order chi connectivity index (χ1) is 8.91. The second kappa shape index (κ2) is 5.38. The van der Waals surface area contributed by atoms with Crippen molar-refractivity contribution in [2.24, 2.45) is 0 Å². The lowest BCUT2D eigenvalue weighted by atomic mass is 10.2. The number of unbranched alkanes of at least 4 members (excludes halogenated alkanes) is 1. The van der Waals surface area contributed by atoms with Gasteiger partial charge in [0, 0.05) is 13.0 Å². The molecule has 0 saturated heterocycles. The van der Waals surface area contributed by atoms with Crippen LogP contribution in [-0.4, -0.2) is 21.7 Å². The average molecular weight is 293 g/mol. The zero-order valence-electron chi connectivity index (χ0n) is 9.89. The molecule has 1 aromatic heterocycles. The molecular weight excluding hydrogens is 281 g/mol. The average Bonchev–Trinajstić information content (AvgIpc) is 2.68. The number of aryl methyl sites for hydroxylation is 1. The van der Waals surface area contributed by atoms with E-state index in [1.165, 1.54) is 6.07 Å². The van der Waals surface area contributed by atoms with Crippen LogP contribution in [0.4, 0.5) is 13.2 Å². The summed E-state index contributed by atoms with van der Waals surface area (Å²) in [6.07, 6.45) is -2.56. The van der Waals surface area contributed by atoms with Crippen LogP contribution in [0, 0.1) is 0 Å². The van der Waals surface area contributed by atoms with Gasteiger partial charge in [-0.15, -0.1) is 0 Å². The summed E-state index contributed by atoms with van der Waals surface area (Å²) in [5, 5.41) is 8.33. The number of benzene rings is 1. The maximum atomic E-state index is 12.7. The van der Waals surface area contributed by atoms with Gasteiger partial charge >= 0.3 is 6.18 Å². The second-order valence-electron chi connectivity index (χ2n) is 4.21. The molecule has 0 aliphatic heterocycles. The molecule has 1 aromatic carbocycles. The van der Waals surface area contributed by atoms with Gasteiger partial charge in [-0.2, -0.15) is 13.2 Å². The van der Waals surface area contributed by atoms with Crippen molar-refractivity contribution in [1.29, 1.82) is 0 Å². The molecule has 0 radical (unpaired) electrons. The number of fused-ring (bicyclic) bond motifs is 1. The number of nitrogens with one attached hydrogen (secondary N) is 1. The summed E-state index contributed by atoms with van der Waals surface area (Å²) in [5.74, 6) is 0.596. The van der Waals surface area contributed by atoms with Crippen LogP contribution in [0.3, 0.4) is 0 Å². The van der Waals surface area contributed by atoms with E-state index in [1.54, 1.807) is 0 Å². The summed E-state index contributed by atoms with van der Waals surface area (Å²) in [6, 6.07) is 2.19. The third kappa shape index (κ3) is 3.19. The maximum absolute atomic E-state index is 12.7. The standard InChI is InChI=1S/C12H12ClF3N2O/c13-8-6-10-9(5-7(8)12(14,15)16)17-11(18-10)3-1-2-4-19/h5-6,19H,1-4H2,(H,17,18). The third-order valence-corrected chi connectivity index (χ3v) is 3.06. The number of aliphatic hydroxyl groups excluding tert-OH is 1. The van der Waals surface area contributed by atoms with E-state index in [0.717, 1.165) is 12.5 Å². The van der Waals surface area contributed by atoms with Crippen LogP contribution in [0.1, 0.15) is 24.2 Å². The van der Waals surface area contributed by atoms with Crippen LogP contribution < -0.4 is 0 Å². The van der Waals surface area contributed by atoms with Crippen molar-refractivity contribution in [3.05, 3.63) is 28.5 Å². The Bertz CT molecular complexity index is 580. The highest BCUT2D eigenvalue weighted by atomic mass is 35.5. The molecule has 2 N–H and O–H groups in total. The van der Waals surface area contributed by atoms with Gasteiger partial charge in [-0.25, -0.2) is 4.98 Å². The number of aliphatic hydroxyl groups is 1. The SMILES string of the molecule is OCCCCc1nc2cc(C(F)(F)F)c(Cl)cc2[nH]1. The molecule has 0 aliphatic rings. The Morgan fingerprint density at radius 3 is 2.63 bits per heavy atom. The van der Waals surface area contributed by atoms with Gasteiger partial charge in [-0.3, -0.25) is 0 Å². The number of rotatable bonds is 4. The number of aromatic amines is 1. The molecule has 0 bridgehead atoms. The Labute approximate surface area is 112 Å². The molecule has 0 fully saturated rings. The van der Waals surface area contributed by atoms with Crippen LogP contribution >= 0.6 is 11.6 Å². The third-order valence-electron chi connectivity index (χ3n) is 2.75. The number of H-pyrrole nitrogens is 1. The summed E-state index contributed by atoms with van der Waals surface area (Å²) < 4.78 is 38.0. The van der Waals surface area contributed by atoms with Crippen molar-refractivity contribution in [2.45, 2.75) is 25.4 Å². The predicted molar refractivity (Wildman–Crippen MR) is 66.1 cm³/mol. The molecule has 0 aliphatic carbocycles. The van der Waals surface area contributed by atoms with Gasteiger partial charge < -0.3 is 10.1 Å². The van der Waals surface area contributed by atoms with E-state index in [-0.39, 0.29) is 17.1 Å². The highest BCUT2D eigenvalue weighted by Gasteiger charge is 2.33. The molecule has 3 nitrogen and oxygen atoms in total. The summed E-state index contributed by atoms with van der Waals surface area (Å²) >= 11 is 5.62. The lowest BCUT2D eigenvalue weighted by molar-refractivity contribution is -0.137. The van der Waals surface area contributed by atoms with Crippen molar-refractivity contribution >= 4 is 22.6 Å². The first kappa shape index (κ1) is 14.1. The molecule has 0 atom stereocenters. The maximum Gasteiger partial charge on any atom is 0.417 e. The number of hydrogen-bond acceptors (Lipinski definition) is 2. The van der Waals surface area contributed by atoms with Crippen molar-refractivity contribution < 1.29 is 18.3 Å². The molecule has 104 valence electrons. The fourth-order valence-electron chi connectivity index (χ4n) is 1.82. The van der Waals surface area contributed by atoms with Gasteiger partial charge in [-0.05, 0) is 25.0 Å². The first-order valence-electron chi connectivity index (χ1n) is 5.78. The van der Waals surface area contributed by atoms with E-state index >= 15 is 0 Å². The Hall–Kier alpha value is -1.27. The van der Waals surface area contributed by atoms with E-state index in [9.17, 15) is 13.2 Å². The Morgan fingerprint density at radius 2 is 2.00 bits per heavy atom. The van der Waals surface area contributed by atoms with Gasteiger partial charge in [0.1, 0.15) is 5.82 Å². The molecule has 0 saturated carbocycles. The van der Waals surface area contributed by atoms with Gasteiger partial charge in [0.25, 0.3) is 0 Å². The number of aromatic nitrogens is 2. The summed E-state index contributed by atoms with van der Waals surface area (Å²) in [4.78, 5) is 7.03. The van der Waals surface area contributed by atoms with Gasteiger partial charge in [0.2, 0.25) is 0 Å².